The minimum absolute atomic E-state index is 0.237. The summed E-state index contributed by atoms with van der Waals surface area (Å²) in [6.07, 6.45) is 0. The fourth-order valence-electron chi connectivity index (χ4n) is 1.95. The van der Waals surface area contributed by atoms with Gasteiger partial charge in [-0.2, -0.15) is 11.3 Å². The number of hydrogen-bond donors (Lipinski definition) is 1. The summed E-state index contributed by atoms with van der Waals surface area (Å²) in [5, 5.41) is 4.64. The number of hydrogen-bond acceptors (Lipinski definition) is 4. The molecule has 1 unspecified atom stereocenters. The van der Waals surface area contributed by atoms with Crippen molar-refractivity contribution in [3.05, 3.63) is 45.1 Å². The molecule has 2 heterocycles. The van der Waals surface area contributed by atoms with E-state index < -0.39 is 0 Å². The van der Waals surface area contributed by atoms with E-state index in [1.54, 1.807) is 17.4 Å². The van der Waals surface area contributed by atoms with E-state index in [1.807, 2.05) is 22.9 Å². The van der Waals surface area contributed by atoms with Gasteiger partial charge in [0.25, 0.3) is 0 Å². The molecule has 0 spiro atoms. The maximum absolute atomic E-state index is 6.26. The highest BCUT2D eigenvalue weighted by Gasteiger charge is 2.19. The van der Waals surface area contributed by atoms with Crippen LogP contribution in [-0.2, 0) is 0 Å². The van der Waals surface area contributed by atoms with Crippen LogP contribution >= 0.6 is 22.9 Å². The zero-order valence-electron chi connectivity index (χ0n) is 9.56. The average Bonchev–Trinajstić information content (AvgIpc) is 2.91. The highest BCUT2D eigenvalue weighted by molar-refractivity contribution is 7.08. The van der Waals surface area contributed by atoms with Crippen molar-refractivity contribution in [1.82, 2.24) is 0 Å². The molecule has 5 heteroatoms. The van der Waals surface area contributed by atoms with Crippen LogP contribution in [0.25, 0.3) is 0 Å². The van der Waals surface area contributed by atoms with E-state index in [0.29, 0.717) is 29.7 Å². The Morgan fingerprint density at radius 1 is 1.22 bits per heavy atom. The number of halogens is 1. The molecule has 1 aromatic carbocycles. The van der Waals surface area contributed by atoms with Crippen molar-refractivity contribution in [2.75, 3.05) is 13.2 Å². The van der Waals surface area contributed by atoms with Crippen molar-refractivity contribution in [2.24, 2.45) is 5.73 Å². The van der Waals surface area contributed by atoms with Crippen LogP contribution in [0.5, 0.6) is 11.5 Å². The summed E-state index contributed by atoms with van der Waals surface area (Å²) in [4.78, 5) is 0. The number of thiophene rings is 1. The summed E-state index contributed by atoms with van der Waals surface area (Å²) in [6, 6.07) is 5.42. The Balaban J connectivity index is 2.01. The van der Waals surface area contributed by atoms with Crippen LogP contribution in [0.15, 0.2) is 29.0 Å². The van der Waals surface area contributed by atoms with Gasteiger partial charge in [-0.25, -0.2) is 0 Å². The maximum atomic E-state index is 6.26. The number of benzene rings is 1. The van der Waals surface area contributed by atoms with Crippen LogP contribution in [-0.4, -0.2) is 13.2 Å². The molecule has 94 valence electrons. The van der Waals surface area contributed by atoms with Crippen LogP contribution in [0.4, 0.5) is 0 Å². The lowest BCUT2D eigenvalue weighted by molar-refractivity contribution is 0.171. The molecular formula is C13H12ClNO2S. The van der Waals surface area contributed by atoms with E-state index in [9.17, 15) is 0 Å². The zero-order chi connectivity index (χ0) is 12.5. The van der Waals surface area contributed by atoms with E-state index in [2.05, 4.69) is 0 Å². The molecule has 1 aromatic heterocycles. The molecule has 1 aliphatic heterocycles. The van der Waals surface area contributed by atoms with Crippen LogP contribution < -0.4 is 15.2 Å². The van der Waals surface area contributed by atoms with Gasteiger partial charge in [0.05, 0.1) is 6.04 Å². The highest BCUT2D eigenvalue weighted by Crippen LogP contribution is 2.38. The van der Waals surface area contributed by atoms with E-state index >= 15 is 0 Å². The monoisotopic (exact) mass is 281 g/mol. The third kappa shape index (κ3) is 2.07. The molecule has 3 nitrogen and oxygen atoms in total. The van der Waals surface area contributed by atoms with Crippen LogP contribution in [0.3, 0.4) is 0 Å². The summed E-state index contributed by atoms with van der Waals surface area (Å²) in [7, 11) is 0. The van der Waals surface area contributed by atoms with Gasteiger partial charge in [0, 0.05) is 11.1 Å². The van der Waals surface area contributed by atoms with Gasteiger partial charge in [0.2, 0.25) is 0 Å². The quantitative estimate of drug-likeness (QED) is 0.919. The zero-order valence-corrected chi connectivity index (χ0v) is 11.1. The first-order valence-electron chi connectivity index (χ1n) is 5.62. The van der Waals surface area contributed by atoms with E-state index in [4.69, 9.17) is 26.8 Å². The Morgan fingerprint density at radius 3 is 2.61 bits per heavy atom. The third-order valence-electron chi connectivity index (χ3n) is 2.90. The van der Waals surface area contributed by atoms with Gasteiger partial charge in [-0.15, -0.1) is 0 Å². The normalized spacial score (nSPS) is 15.4. The Kier molecular flexibility index (Phi) is 3.16. The van der Waals surface area contributed by atoms with Gasteiger partial charge in [0.15, 0.2) is 11.5 Å². The Hall–Kier alpha value is -1.23. The fraction of sp³-hybridized carbons (Fsp3) is 0.231. The highest BCUT2D eigenvalue weighted by atomic mass is 35.5. The molecular weight excluding hydrogens is 270 g/mol. The summed E-state index contributed by atoms with van der Waals surface area (Å²) in [6.45, 7) is 1.11. The van der Waals surface area contributed by atoms with Crippen LogP contribution in [0.2, 0.25) is 5.02 Å². The van der Waals surface area contributed by atoms with Gasteiger partial charge in [-0.1, -0.05) is 11.6 Å². The molecule has 0 fully saturated rings. The second-order valence-electron chi connectivity index (χ2n) is 4.05. The average molecular weight is 282 g/mol. The van der Waals surface area contributed by atoms with Gasteiger partial charge in [-0.05, 0) is 34.0 Å². The van der Waals surface area contributed by atoms with Crippen molar-refractivity contribution in [2.45, 2.75) is 6.04 Å². The summed E-state index contributed by atoms with van der Waals surface area (Å²) >= 11 is 7.88. The topological polar surface area (TPSA) is 44.5 Å². The number of fused-ring (bicyclic) bond motifs is 1. The third-order valence-corrected chi connectivity index (χ3v) is 3.93. The molecule has 0 amide bonds. The first-order chi connectivity index (χ1) is 8.75. The lowest BCUT2D eigenvalue weighted by Gasteiger charge is -2.21. The van der Waals surface area contributed by atoms with Gasteiger partial charge < -0.3 is 15.2 Å². The fourth-order valence-corrected chi connectivity index (χ4v) is 2.92. The van der Waals surface area contributed by atoms with Crippen molar-refractivity contribution in [3.63, 3.8) is 0 Å². The lowest BCUT2D eigenvalue weighted by atomic mass is 10.0. The second kappa shape index (κ2) is 4.80. The van der Waals surface area contributed by atoms with Crippen molar-refractivity contribution in [1.29, 1.82) is 0 Å². The first kappa shape index (κ1) is 11.8. The molecule has 0 aliphatic carbocycles. The molecule has 2 N–H and O–H groups in total. The second-order valence-corrected chi connectivity index (χ2v) is 5.24. The molecule has 18 heavy (non-hydrogen) atoms. The predicted molar refractivity (Wildman–Crippen MR) is 72.8 cm³/mol. The van der Waals surface area contributed by atoms with Gasteiger partial charge in [0.1, 0.15) is 13.2 Å². The molecule has 2 aromatic rings. The van der Waals surface area contributed by atoms with E-state index in [1.165, 1.54) is 0 Å². The van der Waals surface area contributed by atoms with Crippen LogP contribution in [0.1, 0.15) is 17.2 Å². The Bertz CT molecular complexity index is 556. The lowest BCUT2D eigenvalue weighted by Crippen LogP contribution is -2.17. The number of rotatable bonds is 2. The molecule has 1 atom stereocenters. The summed E-state index contributed by atoms with van der Waals surface area (Å²) < 4.78 is 11.0. The van der Waals surface area contributed by atoms with E-state index in [0.717, 1.165) is 11.1 Å². The standard InChI is InChI=1S/C13H12ClNO2S/c14-10-6-12-11(16-2-3-17-12)5-9(10)13(15)8-1-4-18-7-8/h1,4-7,13H,2-3,15H2. The first-order valence-corrected chi connectivity index (χ1v) is 6.94. The Morgan fingerprint density at radius 2 is 1.94 bits per heavy atom. The molecule has 3 rings (SSSR count). The van der Waals surface area contributed by atoms with Crippen molar-refractivity contribution in [3.8, 4) is 11.5 Å². The molecule has 0 saturated carbocycles. The van der Waals surface area contributed by atoms with Gasteiger partial charge >= 0.3 is 0 Å². The van der Waals surface area contributed by atoms with Crippen LogP contribution in [0, 0.1) is 0 Å². The smallest absolute Gasteiger partial charge is 0.162 e. The van der Waals surface area contributed by atoms with Crippen molar-refractivity contribution < 1.29 is 9.47 Å². The SMILES string of the molecule is NC(c1ccsc1)c1cc2c(cc1Cl)OCCO2. The molecule has 0 radical (unpaired) electrons. The molecule has 0 saturated heterocycles. The maximum Gasteiger partial charge on any atom is 0.162 e. The van der Waals surface area contributed by atoms with Gasteiger partial charge in [-0.3, -0.25) is 0 Å². The minimum atomic E-state index is -0.237. The number of nitrogens with two attached hydrogens (primary N) is 1. The van der Waals surface area contributed by atoms with Crippen molar-refractivity contribution >= 4 is 22.9 Å². The number of ether oxygens (including phenoxy) is 2. The Labute approximate surface area is 114 Å². The minimum Gasteiger partial charge on any atom is -0.486 e. The predicted octanol–water partition coefficient (Wildman–Crippen LogP) is 3.22. The summed E-state index contributed by atoms with van der Waals surface area (Å²) in [5.74, 6) is 1.40. The molecule has 1 aliphatic rings. The van der Waals surface area contributed by atoms with E-state index in [-0.39, 0.29) is 6.04 Å². The largest absolute Gasteiger partial charge is 0.486 e. The summed E-state index contributed by atoms with van der Waals surface area (Å²) in [5.41, 5.74) is 8.14. The molecule has 0 bridgehead atoms.